The SMILES string of the molecule is Cc1cnc(N2C(=O)c3ccccc3C2=O)c(C(Cl)Cl)n1. The average Bonchev–Trinajstić information content (AvgIpc) is 2.72. The van der Waals surface area contributed by atoms with E-state index in [-0.39, 0.29) is 11.5 Å². The average molecular weight is 322 g/mol. The highest BCUT2D eigenvalue weighted by Crippen LogP contribution is 2.34. The molecular weight excluding hydrogens is 313 g/mol. The van der Waals surface area contributed by atoms with Crippen molar-refractivity contribution in [1.29, 1.82) is 0 Å². The molecule has 0 N–H and O–H groups in total. The van der Waals surface area contributed by atoms with Gasteiger partial charge in [-0.25, -0.2) is 14.9 Å². The summed E-state index contributed by atoms with van der Waals surface area (Å²) in [5.41, 5.74) is 1.44. The highest BCUT2D eigenvalue weighted by molar-refractivity contribution is 6.44. The molecule has 21 heavy (non-hydrogen) atoms. The number of carbonyl (C=O) groups excluding carboxylic acids is 2. The number of hydrogen-bond acceptors (Lipinski definition) is 4. The monoisotopic (exact) mass is 321 g/mol. The molecule has 106 valence electrons. The van der Waals surface area contributed by atoms with E-state index in [1.54, 1.807) is 31.2 Å². The van der Waals surface area contributed by atoms with Crippen LogP contribution in [-0.4, -0.2) is 21.8 Å². The van der Waals surface area contributed by atoms with Crippen LogP contribution in [0.1, 0.15) is 36.9 Å². The molecule has 0 aliphatic carbocycles. The number of rotatable bonds is 2. The van der Waals surface area contributed by atoms with Gasteiger partial charge in [-0.05, 0) is 19.1 Å². The molecule has 0 unspecified atom stereocenters. The molecular formula is C14H9Cl2N3O2. The van der Waals surface area contributed by atoms with E-state index in [0.717, 1.165) is 4.90 Å². The Morgan fingerprint density at radius 2 is 1.67 bits per heavy atom. The number of halogens is 2. The van der Waals surface area contributed by atoms with Crippen molar-refractivity contribution < 1.29 is 9.59 Å². The first-order chi connectivity index (χ1) is 10.0. The van der Waals surface area contributed by atoms with Crippen molar-refractivity contribution in [1.82, 2.24) is 9.97 Å². The van der Waals surface area contributed by atoms with Gasteiger partial charge in [-0.15, -0.1) is 0 Å². The van der Waals surface area contributed by atoms with E-state index in [0.29, 0.717) is 16.8 Å². The number of fused-ring (bicyclic) bond motifs is 1. The lowest BCUT2D eigenvalue weighted by Gasteiger charge is -2.16. The van der Waals surface area contributed by atoms with Crippen LogP contribution >= 0.6 is 23.2 Å². The van der Waals surface area contributed by atoms with E-state index in [9.17, 15) is 9.59 Å². The Hall–Kier alpha value is -1.98. The zero-order valence-electron chi connectivity index (χ0n) is 10.9. The second-order valence-corrected chi connectivity index (χ2v) is 5.61. The maximum atomic E-state index is 12.4. The van der Waals surface area contributed by atoms with Crippen LogP contribution in [0.25, 0.3) is 0 Å². The van der Waals surface area contributed by atoms with Gasteiger partial charge in [0.25, 0.3) is 11.8 Å². The van der Waals surface area contributed by atoms with Crippen molar-refractivity contribution in [3.8, 4) is 0 Å². The lowest BCUT2D eigenvalue weighted by atomic mass is 10.1. The number of anilines is 1. The summed E-state index contributed by atoms with van der Waals surface area (Å²) in [6.45, 7) is 1.72. The standard InChI is InChI=1S/C14H9Cl2N3O2/c1-7-6-17-12(10(18-7)11(15)16)19-13(20)8-4-2-3-5-9(8)14(19)21/h2-6,11H,1H3. The Kier molecular flexibility index (Phi) is 3.39. The third kappa shape index (κ3) is 2.18. The first kappa shape index (κ1) is 14.0. The summed E-state index contributed by atoms with van der Waals surface area (Å²) in [6.07, 6.45) is 1.46. The summed E-state index contributed by atoms with van der Waals surface area (Å²) in [5, 5.41) is 0. The molecule has 7 heteroatoms. The fourth-order valence-corrected chi connectivity index (χ4v) is 2.48. The molecule has 0 spiro atoms. The van der Waals surface area contributed by atoms with Crippen LogP contribution in [0.4, 0.5) is 5.82 Å². The summed E-state index contributed by atoms with van der Waals surface area (Å²) >= 11 is 11.8. The largest absolute Gasteiger partial charge is 0.268 e. The van der Waals surface area contributed by atoms with Crippen molar-refractivity contribution in [2.24, 2.45) is 0 Å². The van der Waals surface area contributed by atoms with Gasteiger partial charge in [0.05, 0.1) is 23.0 Å². The highest BCUT2D eigenvalue weighted by Gasteiger charge is 2.39. The summed E-state index contributed by atoms with van der Waals surface area (Å²) in [5.74, 6) is -0.838. The van der Waals surface area contributed by atoms with Crippen LogP contribution < -0.4 is 4.90 Å². The predicted molar refractivity (Wildman–Crippen MR) is 78.8 cm³/mol. The van der Waals surface area contributed by atoms with Gasteiger partial charge in [0.1, 0.15) is 5.69 Å². The smallest absolute Gasteiger partial charge is 0.267 e. The Morgan fingerprint density at radius 3 is 2.19 bits per heavy atom. The number of aryl methyl sites for hydroxylation is 1. The third-order valence-electron chi connectivity index (χ3n) is 3.11. The molecule has 2 aromatic rings. The summed E-state index contributed by atoms with van der Waals surface area (Å²) < 4.78 is 0. The van der Waals surface area contributed by atoms with Crippen molar-refractivity contribution >= 4 is 40.8 Å². The summed E-state index contributed by atoms with van der Waals surface area (Å²) in [4.78, 5) is 33.1. The van der Waals surface area contributed by atoms with E-state index in [1.165, 1.54) is 6.20 Å². The molecule has 1 aliphatic heterocycles. The fourth-order valence-electron chi connectivity index (χ4n) is 2.19. The first-order valence-corrected chi connectivity index (χ1v) is 6.97. The minimum Gasteiger partial charge on any atom is -0.268 e. The van der Waals surface area contributed by atoms with Crippen LogP contribution in [-0.2, 0) is 0 Å². The summed E-state index contributed by atoms with van der Waals surface area (Å²) in [6, 6.07) is 6.58. The number of amides is 2. The predicted octanol–water partition coefficient (Wildman–Crippen LogP) is 3.06. The van der Waals surface area contributed by atoms with Gasteiger partial charge in [-0.1, -0.05) is 35.3 Å². The van der Waals surface area contributed by atoms with Crippen LogP contribution in [0.3, 0.4) is 0 Å². The maximum Gasteiger partial charge on any atom is 0.267 e. The zero-order chi connectivity index (χ0) is 15.1. The maximum absolute atomic E-state index is 12.4. The molecule has 1 aromatic carbocycles. The van der Waals surface area contributed by atoms with Crippen molar-refractivity contribution in [2.45, 2.75) is 11.8 Å². The van der Waals surface area contributed by atoms with Crippen molar-refractivity contribution in [3.05, 3.63) is 53.0 Å². The Labute approximate surface area is 130 Å². The van der Waals surface area contributed by atoms with Gasteiger partial charge >= 0.3 is 0 Å². The van der Waals surface area contributed by atoms with Crippen molar-refractivity contribution in [3.63, 3.8) is 0 Å². The second-order valence-electron chi connectivity index (χ2n) is 4.51. The lowest BCUT2D eigenvalue weighted by molar-refractivity contribution is 0.0924. The second kappa shape index (κ2) is 5.09. The molecule has 0 fully saturated rings. The van der Waals surface area contributed by atoms with Gasteiger partial charge in [-0.2, -0.15) is 0 Å². The quantitative estimate of drug-likeness (QED) is 0.630. The molecule has 0 bridgehead atoms. The lowest BCUT2D eigenvalue weighted by Crippen LogP contribution is -2.31. The molecule has 3 rings (SSSR count). The van der Waals surface area contributed by atoms with E-state index < -0.39 is 16.7 Å². The first-order valence-electron chi connectivity index (χ1n) is 6.10. The van der Waals surface area contributed by atoms with Gasteiger partial charge < -0.3 is 0 Å². The number of aromatic nitrogens is 2. The minimum atomic E-state index is -0.989. The Balaban J connectivity index is 2.16. The Morgan fingerprint density at radius 1 is 1.10 bits per heavy atom. The van der Waals surface area contributed by atoms with Crippen molar-refractivity contribution in [2.75, 3.05) is 4.90 Å². The molecule has 2 heterocycles. The molecule has 1 aliphatic rings. The number of benzene rings is 1. The normalized spacial score (nSPS) is 14.0. The third-order valence-corrected chi connectivity index (χ3v) is 3.53. The van der Waals surface area contributed by atoms with E-state index in [4.69, 9.17) is 23.2 Å². The van der Waals surface area contributed by atoms with E-state index in [2.05, 4.69) is 9.97 Å². The molecule has 5 nitrogen and oxygen atoms in total. The van der Waals surface area contributed by atoms with Gasteiger partial charge in [0, 0.05) is 0 Å². The van der Waals surface area contributed by atoms with Crippen LogP contribution in [0.15, 0.2) is 30.5 Å². The molecule has 2 amide bonds. The topological polar surface area (TPSA) is 63.2 Å². The Bertz CT molecular complexity index is 727. The number of alkyl halides is 2. The zero-order valence-corrected chi connectivity index (χ0v) is 12.4. The van der Waals surface area contributed by atoms with E-state index in [1.807, 2.05) is 0 Å². The number of carbonyl (C=O) groups is 2. The molecule has 0 saturated heterocycles. The van der Waals surface area contributed by atoms with Crippen LogP contribution in [0.5, 0.6) is 0 Å². The molecule has 1 aromatic heterocycles. The van der Waals surface area contributed by atoms with Gasteiger partial charge in [0.15, 0.2) is 10.7 Å². The molecule has 0 radical (unpaired) electrons. The number of imide groups is 1. The van der Waals surface area contributed by atoms with Crippen LogP contribution in [0.2, 0.25) is 0 Å². The van der Waals surface area contributed by atoms with Gasteiger partial charge in [0.2, 0.25) is 0 Å². The highest BCUT2D eigenvalue weighted by atomic mass is 35.5. The van der Waals surface area contributed by atoms with Gasteiger partial charge in [-0.3, -0.25) is 9.59 Å². The number of nitrogens with zero attached hydrogens (tertiary/aromatic N) is 3. The fraction of sp³-hybridized carbons (Fsp3) is 0.143. The molecule has 0 saturated carbocycles. The van der Waals surface area contributed by atoms with Crippen LogP contribution in [0, 0.1) is 6.92 Å². The van der Waals surface area contributed by atoms with E-state index >= 15 is 0 Å². The summed E-state index contributed by atoms with van der Waals surface area (Å²) in [7, 11) is 0. The minimum absolute atomic E-state index is 0.0711. The molecule has 0 atom stereocenters. The number of hydrogen-bond donors (Lipinski definition) is 0.